The normalized spacial score (nSPS) is 18.0. The number of nitrogens with one attached hydrogen (secondary N) is 1. The van der Waals surface area contributed by atoms with Crippen LogP contribution in [0.5, 0.6) is 0 Å². The molecule has 1 unspecified atom stereocenters. The summed E-state index contributed by atoms with van der Waals surface area (Å²) in [5.41, 5.74) is 2.51. The number of pyridine rings is 1. The number of imidazole rings is 1. The van der Waals surface area contributed by atoms with E-state index >= 15 is 0 Å². The van der Waals surface area contributed by atoms with E-state index in [4.69, 9.17) is 0 Å². The quantitative estimate of drug-likeness (QED) is 0.434. The third kappa shape index (κ3) is 4.37. The van der Waals surface area contributed by atoms with E-state index < -0.39 is 18.1 Å². The third-order valence-electron chi connectivity index (χ3n) is 6.76. The number of carbonyl (C=O) groups is 1. The lowest BCUT2D eigenvalue weighted by Crippen LogP contribution is -2.41. The minimum atomic E-state index is -4.44. The minimum Gasteiger partial charge on any atom is -0.321 e. The number of halogens is 3. The lowest BCUT2D eigenvalue weighted by Gasteiger charge is -2.33. The summed E-state index contributed by atoms with van der Waals surface area (Å²) in [6, 6.07) is 9.17. The van der Waals surface area contributed by atoms with Gasteiger partial charge in [0, 0.05) is 42.1 Å². The van der Waals surface area contributed by atoms with E-state index in [0.29, 0.717) is 29.5 Å². The molecule has 4 aromatic rings. The van der Waals surface area contributed by atoms with Gasteiger partial charge in [-0.25, -0.2) is 4.98 Å². The molecular weight excluding hydrogens is 485 g/mol. The molecule has 1 atom stereocenters. The first-order valence-corrected chi connectivity index (χ1v) is 11.9. The SMILES string of the molecule is CN1CCc2c(ncn2-c2ccnc(C(=O)Nc3cccc(-c4nncn4C4CC4)c3)c2)C1C(F)(F)F. The standard InChI is InChI=1S/C25H23F3N8O/c1-34-10-8-20-21(22(34)25(26,27)28)30-13-35(20)18-7-9-29-19(12-18)24(37)32-16-4-2-3-15(11-16)23-33-31-14-36(23)17-5-6-17/h2-4,7,9,11-14,17,22H,5-6,8,10H2,1H3,(H,32,37). The molecule has 37 heavy (non-hydrogen) atoms. The van der Waals surface area contributed by atoms with Gasteiger partial charge in [0.2, 0.25) is 0 Å². The van der Waals surface area contributed by atoms with Gasteiger partial charge in [0.1, 0.15) is 12.0 Å². The van der Waals surface area contributed by atoms with Crippen molar-refractivity contribution in [2.24, 2.45) is 0 Å². The number of hydrogen-bond donors (Lipinski definition) is 1. The predicted octanol–water partition coefficient (Wildman–Crippen LogP) is 4.20. The van der Waals surface area contributed by atoms with Crippen molar-refractivity contribution in [1.29, 1.82) is 0 Å². The molecule has 0 radical (unpaired) electrons. The Hall–Kier alpha value is -4.06. The summed E-state index contributed by atoms with van der Waals surface area (Å²) in [5, 5.41) is 11.1. The molecule has 12 heteroatoms. The summed E-state index contributed by atoms with van der Waals surface area (Å²) in [6.07, 6.45) is 2.71. The highest BCUT2D eigenvalue weighted by molar-refractivity contribution is 6.03. The molecule has 1 aromatic carbocycles. The summed E-state index contributed by atoms with van der Waals surface area (Å²) in [7, 11) is 1.44. The molecule has 1 aliphatic heterocycles. The van der Waals surface area contributed by atoms with Gasteiger partial charge >= 0.3 is 6.18 Å². The molecule has 1 N–H and O–H groups in total. The second-order valence-corrected chi connectivity index (χ2v) is 9.35. The monoisotopic (exact) mass is 508 g/mol. The molecule has 0 spiro atoms. The average Bonchev–Trinajstić information content (AvgIpc) is 3.43. The van der Waals surface area contributed by atoms with Gasteiger partial charge in [-0.1, -0.05) is 12.1 Å². The fourth-order valence-electron chi connectivity index (χ4n) is 4.81. The van der Waals surface area contributed by atoms with Crippen molar-refractivity contribution < 1.29 is 18.0 Å². The number of aromatic nitrogens is 6. The Bertz CT molecular complexity index is 1470. The van der Waals surface area contributed by atoms with Gasteiger partial charge in [0.15, 0.2) is 11.9 Å². The Morgan fingerprint density at radius 3 is 2.73 bits per heavy atom. The maximum absolute atomic E-state index is 13.7. The summed E-state index contributed by atoms with van der Waals surface area (Å²) >= 11 is 0. The van der Waals surface area contributed by atoms with Crippen LogP contribution in [0.25, 0.3) is 17.1 Å². The molecule has 1 amide bonds. The number of hydrogen-bond acceptors (Lipinski definition) is 6. The number of likely N-dealkylation sites (N-methyl/N-ethyl adjacent to an activating group) is 1. The van der Waals surface area contributed by atoms with Crippen LogP contribution >= 0.6 is 0 Å². The number of amides is 1. The maximum Gasteiger partial charge on any atom is 0.409 e. The summed E-state index contributed by atoms with van der Waals surface area (Å²) in [6.45, 7) is 0.242. The molecule has 9 nitrogen and oxygen atoms in total. The van der Waals surface area contributed by atoms with Crippen LogP contribution in [0.4, 0.5) is 18.9 Å². The van der Waals surface area contributed by atoms with Crippen molar-refractivity contribution in [3.63, 3.8) is 0 Å². The third-order valence-corrected chi connectivity index (χ3v) is 6.76. The first-order valence-electron chi connectivity index (χ1n) is 11.9. The van der Waals surface area contributed by atoms with Crippen LogP contribution in [0.1, 0.15) is 46.8 Å². The van der Waals surface area contributed by atoms with Crippen LogP contribution in [0.3, 0.4) is 0 Å². The lowest BCUT2D eigenvalue weighted by molar-refractivity contribution is -0.186. The Balaban J connectivity index is 1.25. The van der Waals surface area contributed by atoms with Crippen molar-refractivity contribution in [3.05, 3.63) is 72.3 Å². The number of benzene rings is 1. The zero-order valence-electron chi connectivity index (χ0n) is 19.9. The Morgan fingerprint density at radius 1 is 1.11 bits per heavy atom. The molecule has 1 fully saturated rings. The number of carbonyl (C=O) groups excluding carboxylic acids is 1. The topological polar surface area (TPSA) is 93.8 Å². The van der Waals surface area contributed by atoms with Crippen molar-refractivity contribution in [3.8, 4) is 17.1 Å². The molecule has 1 aliphatic carbocycles. The number of rotatable bonds is 5. The van der Waals surface area contributed by atoms with Gasteiger partial charge in [0.25, 0.3) is 5.91 Å². The van der Waals surface area contributed by atoms with E-state index in [2.05, 4.69) is 25.5 Å². The van der Waals surface area contributed by atoms with Crippen LogP contribution in [-0.4, -0.2) is 59.9 Å². The first-order chi connectivity index (χ1) is 17.8. The summed E-state index contributed by atoms with van der Waals surface area (Å²) in [4.78, 5) is 22.6. The second kappa shape index (κ2) is 8.80. The Kier molecular flexibility index (Phi) is 5.55. The maximum atomic E-state index is 13.7. The van der Waals surface area contributed by atoms with Crippen LogP contribution in [0.2, 0.25) is 0 Å². The Morgan fingerprint density at radius 2 is 1.95 bits per heavy atom. The van der Waals surface area contributed by atoms with E-state index in [1.807, 2.05) is 22.8 Å². The van der Waals surface area contributed by atoms with Gasteiger partial charge in [-0.2, -0.15) is 13.2 Å². The summed E-state index contributed by atoms with van der Waals surface area (Å²) in [5.74, 6) is 0.302. The Labute approximate surface area is 210 Å². The van der Waals surface area contributed by atoms with Crippen LogP contribution in [0, 0.1) is 0 Å². The molecule has 2 aliphatic rings. The van der Waals surface area contributed by atoms with E-state index in [1.165, 1.54) is 24.5 Å². The molecule has 0 bridgehead atoms. The van der Waals surface area contributed by atoms with Crippen molar-refractivity contribution >= 4 is 11.6 Å². The molecule has 1 saturated carbocycles. The molecule has 4 heterocycles. The lowest BCUT2D eigenvalue weighted by atomic mass is 10.0. The van der Waals surface area contributed by atoms with Gasteiger partial charge in [-0.05, 0) is 44.2 Å². The van der Waals surface area contributed by atoms with Gasteiger partial charge in [-0.3, -0.25) is 14.7 Å². The summed E-state index contributed by atoms with van der Waals surface area (Å²) < 4.78 is 44.7. The molecular formula is C25H23F3N8O. The van der Waals surface area contributed by atoms with E-state index in [-0.39, 0.29) is 17.9 Å². The number of anilines is 1. The van der Waals surface area contributed by atoms with Crippen LogP contribution in [0.15, 0.2) is 55.2 Å². The van der Waals surface area contributed by atoms with Crippen molar-refractivity contribution in [2.75, 3.05) is 18.9 Å². The number of fused-ring (bicyclic) bond motifs is 1. The predicted molar refractivity (Wildman–Crippen MR) is 128 cm³/mol. The van der Waals surface area contributed by atoms with Crippen LogP contribution in [-0.2, 0) is 6.42 Å². The van der Waals surface area contributed by atoms with E-state index in [9.17, 15) is 18.0 Å². The van der Waals surface area contributed by atoms with E-state index in [1.54, 1.807) is 29.1 Å². The zero-order valence-corrected chi connectivity index (χ0v) is 19.9. The van der Waals surface area contributed by atoms with E-state index in [0.717, 1.165) is 24.2 Å². The highest BCUT2D eigenvalue weighted by atomic mass is 19.4. The van der Waals surface area contributed by atoms with Gasteiger partial charge in [-0.15, -0.1) is 10.2 Å². The van der Waals surface area contributed by atoms with Crippen molar-refractivity contribution in [2.45, 2.75) is 37.5 Å². The smallest absolute Gasteiger partial charge is 0.321 e. The fraction of sp³-hybridized carbons (Fsp3) is 0.320. The van der Waals surface area contributed by atoms with Gasteiger partial charge in [0.05, 0.1) is 17.7 Å². The number of alkyl halides is 3. The number of nitrogens with zero attached hydrogens (tertiary/aromatic N) is 7. The largest absolute Gasteiger partial charge is 0.409 e. The highest BCUT2D eigenvalue weighted by Crippen LogP contribution is 2.41. The zero-order chi connectivity index (χ0) is 25.7. The second-order valence-electron chi connectivity index (χ2n) is 9.35. The average molecular weight is 509 g/mol. The fourth-order valence-corrected chi connectivity index (χ4v) is 4.81. The first kappa shape index (κ1) is 23.3. The van der Waals surface area contributed by atoms with Gasteiger partial charge < -0.3 is 14.5 Å². The molecule has 0 saturated heterocycles. The van der Waals surface area contributed by atoms with Crippen LogP contribution < -0.4 is 5.32 Å². The molecule has 190 valence electrons. The minimum absolute atomic E-state index is 0.0140. The molecule has 3 aromatic heterocycles. The highest BCUT2D eigenvalue weighted by Gasteiger charge is 2.48. The molecule has 6 rings (SSSR count). The van der Waals surface area contributed by atoms with Crippen molar-refractivity contribution in [1.82, 2.24) is 34.2 Å².